The van der Waals surface area contributed by atoms with Gasteiger partial charge in [0.05, 0.1) is 0 Å². The van der Waals surface area contributed by atoms with Gasteiger partial charge >= 0.3 is 0 Å². The first-order valence-electron chi connectivity index (χ1n) is 8.07. The molecule has 2 aromatic rings. The molecule has 0 saturated carbocycles. The van der Waals surface area contributed by atoms with Crippen LogP contribution >= 0.6 is 11.6 Å². The quantitative estimate of drug-likeness (QED) is 0.763. The Kier molecular flexibility index (Phi) is 5.19. The van der Waals surface area contributed by atoms with E-state index in [1.165, 1.54) is 17.7 Å². The average Bonchev–Trinajstić information content (AvgIpc) is 2.62. The predicted octanol–water partition coefficient (Wildman–Crippen LogP) is 4.45. The first-order valence-corrected chi connectivity index (χ1v) is 8.60. The number of hydrogen-bond donors (Lipinski definition) is 0. The molecule has 0 spiro atoms. The van der Waals surface area contributed by atoms with Crippen LogP contribution in [-0.4, -0.2) is 31.1 Å². The monoisotopic (exact) mass is 332 g/mol. The molecule has 0 bridgehead atoms. The van der Waals surface area contributed by atoms with Crippen molar-refractivity contribution in [1.82, 2.24) is 4.90 Å². The Morgan fingerprint density at radius 1 is 0.957 bits per heavy atom. The maximum absolute atomic E-state index is 13.0. The smallest absolute Gasteiger partial charge is 0.123 e. The summed E-state index contributed by atoms with van der Waals surface area (Å²) in [6.45, 7) is 6.21. The molecule has 2 aromatic carbocycles. The summed E-state index contributed by atoms with van der Waals surface area (Å²) in [6.07, 6.45) is 0. The molecule has 23 heavy (non-hydrogen) atoms. The van der Waals surface area contributed by atoms with Gasteiger partial charge in [-0.15, -0.1) is 11.6 Å². The summed E-state index contributed by atoms with van der Waals surface area (Å²) in [6, 6.07) is 15.7. The van der Waals surface area contributed by atoms with E-state index in [0.29, 0.717) is 11.9 Å². The molecule has 1 aliphatic rings. The lowest BCUT2D eigenvalue weighted by Crippen LogP contribution is -2.47. The molecule has 0 aliphatic carbocycles. The normalized spacial score (nSPS) is 17.3. The van der Waals surface area contributed by atoms with Crippen molar-refractivity contribution < 1.29 is 4.39 Å². The first-order chi connectivity index (χ1) is 11.2. The van der Waals surface area contributed by atoms with Crippen molar-refractivity contribution in [3.05, 3.63) is 65.5 Å². The summed E-state index contributed by atoms with van der Waals surface area (Å²) in [5, 5.41) is 0. The highest BCUT2D eigenvalue weighted by Crippen LogP contribution is 2.24. The highest BCUT2D eigenvalue weighted by atomic mass is 35.5. The highest BCUT2D eigenvalue weighted by Gasteiger charge is 2.22. The molecule has 4 heteroatoms. The molecular weight excluding hydrogens is 311 g/mol. The molecule has 0 N–H and O–H groups in total. The summed E-state index contributed by atoms with van der Waals surface area (Å²) >= 11 is 5.85. The zero-order valence-electron chi connectivity index (χ0n) is 13.4. The van der Waals surface area contributed by atoms with E-state index in [9.17, 15) is 4.39 Å². The van der Waals surface area contributed by atoms with E-state index < -0.39 is 0 Å². The van der Waals surface area contributed by atoms with Gasteiger partial charge in [-0.2, -0.15) is 0 Å². The van der Waals surface area contributed by atoms with Crippen LogP contribution in [0.25, 0.3) is 0 Å². The van der Waals surface area contributed by atoms with Crippen LogP contribution in [0, 0.1) is 5.82 Å². The van der Waals surface area contributed by atoms with Gasteiger partial charge in [-0.1, -0.05) is 24.3 Å². The third kappa shape index (κ3) is 3.85. The van der Waals surface area contributed by atoms with Gasteiger partial charge in [-0.3, -0.25) is 4.90 Å². The molecule has 122 valence electrons. The van der Waals surface area contributed by atoms with Crippen LogP contribution in [0.4, 0.5) is 10.1 Å². The molecule has 1 aliphatic heterocycles. The Morgan fingerprint density at radius 2 is 1.57 bits per heavy atom. The van der Waals surface area contributed by atoms with Gasteiger partial charge in [0.25, 0.3) is 0 Å². The van der Waals surface area contributed by atoms with Crippen molar-refractivity contribution in [2.24, 2.45) is 0 Å². The second-order valence-corrected chi connectivity index (χ2v) is 6.32. The summed E-state index contributed by atoms with van der Waals surface area (Å²) in [5.41, 5.74) is 3.59. The summed E-state index contributed by atoms with van der Waals surface area (Å²) in [5.74, 6) is 0.381. The third-order valence-electron chi connectivity index (χ3n) is 4.67. The minimum Gasteiger partial charge on any atom is -0.369 e. The number of rotatable bonds is 4. The number of alkyl halides is 1. The van der Waals surface area contributed by atoms with E-state index in [0.717, 1.165) is 37.4 Å². The number of nitrogens with zero attached hydrogens (tertiary/aromatic N) is 2. The van der Waals surface area contributed by atoms with Gasteiger partial charge in [0.15, 0.2) is 0 Å². The molecule has 1 saturated heterocycles. The van der Waals surface area contributed by atoms with Crippen molar-refractivity contribution in [3.63, 3.8) is 0 Å². The van der Waals surface area contributed by atoms with Crippen LogP contribution < -0.4 is 4.90 Å². The first kappa shape index (κ1) is 16.3. The molecule has 1 fully saturated rings. The molecule has 1 atom stereocenters. The van der Waals surface area contributed by atoms with E-state index in [-0.39, 0.29) is 5.82 Å². The van der Waals surface area contributed by atoms with E-state index in [2.05, 4.69) is 41.0 Å². The summed E-state index contributed by atoms with van der Waals surface area (Å²) in [4.78, 5) is 4.81. The van der Waals surface area contributed by atoms with Crippen LogP contribution in [0.5, 0.6) is 0 Å². The maximum atomic E-state index is 13.0. The standard InChI is InChI=1S/C19H22ClFN2/c1-15(17-4-2-16(14-20)3-5-17)22-10-12-23(13-11-22)19-8-6-18(21)7-9-19/h2-9,15H,10-14H2,1H3. The summed E-state index contributed by atoms with van der Waals surface area (Å²) in [7, 11) is 0. The topological polar surface area (TPSA) is 6.48 Å². The number of halogens is 2. The van der Waals surface area contributed by atoms with Gasteiger partial charge in [0.2, 0.25) is 0 Å². The van der Waals surface area contributed by atoms with Gasteiger partial charge in [-0.25, -0.2) is 4.39 Å². The number of piperazine rings is 1. The van der Waals surface area contributed by atoms with Gasteiger partial charge in [-0.05, 0) is 42.3 Å². The Morgan fingerprint density at radius 3 is 2.13 bits per heavy atom. The molecular formula is C19H22ClFN2. The zero-order valence-corrected chi connectivity index (χ0v) is 14.1. The second-order valence-electron chi connectivity index (χ2n) is 6.05. The van der Waals surface area contributed by atoms with Crippen molar-refractivity contribution >= 4 is 17.3 Å². The Bertz CT molecular complexity index is 619. The van der Waals surface area contributed by atoms with Crippen LogP contribution in [0.1, 0.15) is 24.1 Å². The van der Waals surface area contributed by atoms with Crippen LogP contribution in [0.2, 0.25) is 0 Å². The van der Waals surface area contributed by atoms with Crippen LogP contribution in [0.15, 0.2) is 48.5 Å². The molecule has 3 rings (SSSR count). The lowest BCUT2D eigenvalue weighted by Gasteiger charge is -2.39. The predicted molar refractivity (Wildman–Crippen MR) is 94.6 cm³/mol. The SMILES string of the molecule is CC(c1ccc(CCl)cc1)N1CCN(c2ccc(F)cc2)CC1. The Labute approximate surface area is 142 Å². The van der Waals surface area contributed by atoms with Crippen molar-refractivity contribution in [2.75, 3.05) is 31.1 Å². The zero-order chi connectivity index (χ0) is 16.2. The van der Waals surface area contributed by atoms with Crippen molar-refractivity contribution in [1.29, 1.82) is 0 Å². The van der Waals surface area contributed by atoms with Crippen LogP contribution in [0.3, 0.4) is 0 Å². The fraction of sp³-hybridized carbons (Fsp3) is 0.368. The third-order valence-corrected chi connectivity index (χ3v) is 4.98. The summed E-state index contributed by atoms with van der Waals surface area (Å²) < 4.78 is 13.0. The molecule has 1 heterocycles. The maximum Gasteiger partial charge on any atom is 0.123 e. The van der Waals surface area contributed by atoms with Gasteiger partial charge in [0, 0.05) is 43.8 Å². The molecule has 2 nitrogen and oxygen atoms in total. The number of hydrogen-bond acceptors (Lipinski definition) is 2. The molecule has 1 unspecified atom stereocenters. The minimum absolute atomic E-state index is 0.179. The second kappa shape index (κ2) is 7.33. The highest BCUT2D eigenvalue weighted by molar-refractivity contribution is 6.17. The van der Waals surface area contributed by atoms with Crippen molar-refractivity contribution in [2.45, 2.75) is 18.8 Å². The lowest BCUT2D eigenvalue weighted by atomic mass is 10.0. The number of benzene rings is 2. The average molecular weight is 333 g/mol. The van der Waals surface area contributed by atoms with E-state index >= 15 is 0 Å². The molecule has 0 aromatic heterocycles. The molecule has 0 radical (unpaired) electrons. The molecule has 0 amide bonds. The lowest BCUT2D eigenvalue weighted by molar-refractivity contribution is 0.198. The van der Waals surface area contributed by atoms with E-state index in [1.54, 1.807) is 0 Å². The van der Waals surface area contributed by atoms with Gasteiger partial charge in [0.1, 0.15) is 5.82 Å². The fourth-order valence-electron chi connectivity index (χ4n) is 3.12. The van der Waals surface area contributed by atoms with Crippen molar-refractivity contribution in [3.8, 4) is 0 Å². The fourth-order valence-corrected chi connectivity index (χ4v) is 3.29. The number of anilines is 1. The minimum atomic E-state index is -0.179. The van der Waals surface area contributed by atoms with E-state index in [1.807, 2.05) is 12.1 Å². The Hall–Kier alpha value is -1.58. The van der Waals surface area contributed by atoms with Gasteiger partial charge < -0.3 is 4.90 Å². The largest absolute Gasteiger partial charge is 0.369 e. The van der Waals surface area contributed by atoms with Crippen LogP contribution in [-0.2, 0) is 5.88 Å². The Balaban J connectivity index is 1.60. The van der Waals surface area contributed by atoms with E-state index in [4.69, 9.17) is 11.6 Å².